The van der Waals surface area contributed by atoms with E-state index >= 15 is 0 Å². The van der Waals surface area contributed by atoms with Gasteiger partial charge in [-0.1, -0.05) is 47.7 Å². The number of hydrogen-bond acceptors (Lipinski definition) is 10. The Hall–Kier alpha value is -4.68. The van der Waals surface area contributed by atoms with Gasteiger partial charge < -0.3 is 23.7 Å². The van der Waals surface area contributed by atoms with Crippen LogP contribution < -0.4 is 33.8 Å². The molecule has 0 bridgehead atoms. The topological polar surface area (TPSA) is 115 Å². The lowest BCUT2D eigenvalue weighted by Crippen LogP contribution is -2.40. The maximum Gasteiger partial charge on any atom is 0.338 e. The fraction of sp³-hybridized carbons (Fsp3) is 0.235. The molecule has 0 N–H and O–H groups in total. The van der Waals surface area contributed by atoms with Crippen molar-refractivity contribution in [2.24, 2.45) is 4.99 Å². The van der Waals surface area contributed by atoms with E-state index in [0.29, 0.717) is 60.0 Å². The summed E-state index contributed by atoms with van der Waals surface area (Å²) in [6, 6.07) is 17.1. The van der Waals surface area contributed by atoms with E-state index in [1.807, 2.05) is 37.3 Å². The highest BCUT2D eigenvalue weighted by Gasteiger charge is 2.35. The monoisotopic (exact) mass is 706 g/mol. The SMILES string of the molecule is CCOC(=O)C1=C(c2ccccc2)N=c2s/c(=C\c3cc(Br)c(OC(C)=O)c(OCC)c3)c(=O)n2[C@@H]1c1ccc(OC)c(OC)c1. The van der Waals surface area contributed by atoms with E-state index in [4.69, 9.17) is 28.7 Å². The number of rotatable bonds is 10. The number of halogens is 1. The molecule has 1 aliphatic rings. The van der Waals surface area contributed by atoms with Crippen LogP contribution in [0.5, 0.6) is 23.0 Å². The van der Waals surface area contributed by atoms with Crippen molar-refractivity contribution in [3.63, 3.8) is 0 Å². The summed E-state index contributed by atoms with van der Waals surface area (Å²) < 4.78 is 30.0. The van der Waals surface area contributed by atoms with Gasteiger partial charge in [0.05, 0.1) is 53.8 Å². The van der Waals surface area contributed by atoms with Crippen LogP contribution >= 0.6 is 27.3 Å². The van der Waals surface area contributed by atoms with Gasteiger partial charge in [-0.15, -0.1) is 0 Å². The second-order valence-electron chi connectivity index (χ2n) is 9.90. The molecule has 1 aliphatic heterocycles. The number of thiazole rings is 1. The number of methoxy groups -OCH3 is 2. The number of fused-ring (bicyclic) bond motifs is 1. The van der Waals surface area contributed by atoms with E-state index in [-0.39, 0.29) is 23.5 Å². The van der Waals surface area contributed by atoms with Gasteiger partial charge in [-0.25, -0.2) is 9.79 Å². The summed E-state index contributed by atoms with van der Waals surface area (Å²) in [4.78, 5) is 45.0. The third-order valence-electron chi connectivity index (χ3n) is 6.97. The number of carbonyl (C=O) groups is 2. The number of nitrogens with zero attached hydrogens (tertiary/aromatic N) is 2. The van der Waals surface area contributed by atoms with Crippen molar-refractivity contribution in [1.82, 2.24) is 4.57 Å². The Labute approximate surface area is 277 Å². The Morgan fingerprint density at radius 1 is 0.978 bits per heavy atom. The lowest BCUT2D eigenvalue weighted by atomic mass is 9.93. The lowest BCUT2D eigenvalue weighted by molar-refractivity contribution is -0.139. The normalized spacial score (nSPS) is 14.3. The maximum absolute atomic E-state index is 14.3. The van der Waals surface area contributed by atoms with E-state index in [1.165, 1.54) is 37.0 Å². The highest BCUT2D eigenvalue weighted by molar-refractivity contribution is 9.10. The van der Waals surface area contributed by atoms with E-state index in [2.05, 4.69) is 15.9 Å². The predicted molar refractivity (Wildman–Crippen MR) is 177 cm³/mol. The standard InChI is InChI=1S/C34H31BrN2O8S/c1-6-43-26-16-20(15-23(35)31(26)45-19(3)38)17-27-32(39)37-30(22-13-14-24(41-4)25(18-22)42-5)28(33(40)44-7-2)29(36-34(37)46-27)21-11-9-8-10-12-21/h8-18,30H,6-7H2,1-5H3/b27-17-/t30-/m1/s1. The van der Waals surface area contributed by atoms with Crippen LogP contribution in [-0.2, 0) is 14.3 Å². The van der Waals surface area contributed by atoms with Crippen LogP contribution in [0.1, 0.15) is 43.5 Å². The molecule has 0 radical (unpaired) electrons. The fourth-order valence-electron chi connectivity index (χ4n) is 5.11. The summed E-state index contributed by atoms with van der Waals surface area (Å²) in [7, 11) is 3.05. The molecule has 238 valence electrons. The molecule has 10 nitrogen and oxygen atoms in total. The molecule has 1 atom stereocenters. The number of carbonyl (C=O) groups excluding carboxylic acids is 2. The van der Waals surface area contributed by atoms with Gasteiger partial charge >= 0.3 is 11.9 Å². The second kappa shape index (κ2) is 14.2. The van der Waals surface area contributed by atoms with Crippen LogP contribution in [0, 0.1) is 0 Å². The third-order valence-corrected chi connectivity index (χ3v) is 8.54. The molecule has 0 saturated heterocycles. The number of benzene rings is 3. The predicted octanol–water partition coefficient (Wildman–Crippen LogP) is 5.04. The highest BCUT2D eigenvalue weighted by atomic mass is 79.9. The first kappa shape index (κ1) is 32.7. The summed E-state index contributed by atoms with van der Waals surface area (Å²) in [5, 5.41) is 0. The molecule has 5 rings (SSSR count). The van der Waals surface area contributed by atoms with Gasteiger partial charge in [0.25, 0.3) is 5.56 Å². The Morgan fingerprint density at radius 3 is 2.37 bits per heavy atom. The van der Waals surface area contributed by atoms with Crippen molar-refractivity contribution in [2.45, 2.75) is 26.8 Å². The molecule has 0 saturated carbocycles. The van der Waals surface area contributed by atoms with Gasteiger partial charge in [-0.05, 0) is 71.2 Å². The average Bonchev–Trinajstić information content (AvgIpc) is 3.36. The smallest absolute Gasteiger partial charge is 0.338 e. The molecule has 3 aromatic carbocycles. The summed E-state index contributed by atoms with van der Waals surface area (Å²) in [5.74, 6) is 0.425. The zero-order chi connectivity index (χ0) is 33.0. The van der Waals surface area contributed by atoms with E-state index in [0.717, 1.165) is 0 Å². The molecule has 4 aromatic rings. The Bertz CT molecular complexity index is 2020. The molecule has 0 unspecified atom stereocenters. The third kappa shape index (κ3) is 6.49. The zero-order valence-electron chi connectivity index (χ0n) is 25.8. The average molecular weight is 708 g/mol. The maximum atomic E-state index is 14.3. The van der Waals surface area contributed by atoms with Crippen molar-refractivity contribution >= 4 is 51.0 Å². The highest BCUT2D eigenvalue weighted by Crippen LogP contribution is 2.39. The van der Waals surface area contributed by atoms with E-state index in [9.17, 15) is 14.4 Å². The van der Waals surface area contributed by atoms with E-state index in [1.54, 1.807) is 43.3 Å². The largest absolute Gasteiger partial charge is 0.493 e. The molecule has 12 heteroatoms. The van der Waals surface area contributed by atoms with E-state index < -0.39 is 18.0 Å². The summed E-state index contributed by atoms with van der Waals surface area (Å²) >= 11 is 4.65. The van der Waals surface area contributed by atoms with Crippen LogP contribution in [0.4, 0.5) is 0 Å². The van der Waals surface area contributed by atoms with Gasteiger partial charge in [0.1, 0.15) is 0 Å². The fourth-order valence-corrected chi connectivity index (χ4v) is 6.65. The minimum Gasteiger partial charge on any atom is -0.493 e. The van der Waals surface area contributed by atoms with Gasteiger partial charge in [0.15, 0.2) is 27.8 Å². The van der Waals surface area contributed by atoms with Gasteiger partial charge in [-0.2, -0.15) is 0 Å². The number of hydrogen-bond donors (Lipinski definition) is 0. The number of ether oxygens (including phenoxy) is 5. The van der Waals surface area contributed by atoms with Crippen LogP contribution in [-0.4, -0.2) is 43.9 Å². The first-order valence-corrected chi connectivity index (χ1v) is 16.0. The molecule has 46 heavy (non-hydrogen) atoms. The van der Waals surface area contributed by atoms with Crippen molar-refractivity contribution in [3.8, 4) is 23.0 Å². The number of esters is 2. The second-order valence-corrected chi connectivity index (χ2v) is 11.8. The zero-order valence-corrected chi connectivity index (χ0v) is 28.2. The Kier molecular flexibility index (Phi) is 10.1. The first-order valence-electron chi connectivity index (χ1n) is 14.4. The summed E-state index contributed by atoms with van der Waals surface area (Å²) in [5.41, 5.74) is 2.16. The molecule has 0 amide bonds. The Morgan fingerprint density at radius 2 is 1.72 bits per heavy atom. The van der Waals surface area contributed by atoms with Crippen LogP contribution in [0.2, 0.25) is 0 Å². The quantitative estimate of drug-likeness (QED) is 0.167. The molecule has 2 heterocycles. The van der Waals surface area contributed by atoms with Crippen LogP contribution in [0.3, 0.4) is 0 Å². The van der Waals surface area contributed by atoms with Gasteiger partial charge in [0, 0.05) is 12.5 Å². The van der Waals surface area contributed by atoms with Crippen LogP contribution in [0.25, 0.3) is 11.8 Å². The minimum absolute atomic E-state index is 0.133. The lowest BCUT2D eigenvalue weighted by Gasteiger charge is -2.26. The molecular weight excluding hydrogens is 676 g/mol. The summed E-state index contributed by atoms with van der Waals surface area (Å²) in [6.07, 6.45) is 1.70. The molecular formula is C34H31BrN2O8S. The van der Waals surface area contributed by atoms with Crippen molar-refractivity contribution in [2.75, 3.05) is 27.4 Å². The van der Waals surface area contributed by atoms with Gasteiger partial charge in [0.2, 0.25) is 0 Å². The first-order chi connectivity index (χ1) is 22.2. The van der Waals surface area contributed by atoms with Crippen molar-refractivity contribution in [1.29, 1.82) is 0 Å². The van der Waals surface area contributed by atoms with Gasteiger partial charge in [-0.3, -0.25) is 14.2 Å². The van der Waals surface area contributed by atoms with Crippen molar-refractivity contribution in [3.05, 3.63) is 107 Å². The molecule has 0 fully saturated rings. The van der Waals surface area contributed by atoms with Crippen LogP contribution in [0.15, 0.2) is 80.5 Å². The number of aromatic nitrogens is 1. The molecule has 0 spiro atoms. The summed E-state index contributed by atoms with van der Waals surface area (Å²) in [6.45, 7) is 5.31. The van der Waals surface area contributed by atoms with Crippen molar-refractivity contribution < 1.29 is 33.3 Å². The molecule has 0 aliphatic carbocycles. The molecule has 1 aromatic heterocycles. The Balaban J connectivity index is 1.80. The minimum atomic E-state index is -0.899.